The van der Waals surface area contributed by atoms with Crippen LogP contribution in [0.2, 0.25) is 0 Å². The van der Waals surface area contributed by atoms with Gasteiger partial charge in [-0.05, 0) is 18.8 Å². The van der Waals surface area contributed by atoms with E-state index < -0.39 is 0 Å². The fourth-order valence-electron chi connectivity index (χ4n) is 2.14. The summed E-state index contributed by atoms with van der Waals surface area (Å²) in [5, 5.41) is 1.31. The Hall–Kier alpha value is -0.370. The molecule has 0 aromatic carbocycles. The number of aromatic nitrogens is 1. The molecule has 1 heterocycles. The predicted octanol–water partition coefficient (Wildman–Crippen LogP) is 4.31. The van der Waals surface area contributed by atoms with Crippen molar-refractivity contribution in [1.29, 1.82) is 0 Å². The molecule has 0 unspecified atom stereocenters. The van der Waals surface area contributed by atoms with E-state index in [4.69, 9.17) is 0 Å². The Morgan fingerprint density at radius 2 is 2.00 bits per heavy atom. The van der Waals surface area contributed by atoms with Gasteiger partial charge in [-0.25, -0.2) is 4.98 Å². The van der Waals surface area contributed by atoms with E-state index in [-0.39, 0.29) is 0 Å². The van der Waals surface area contributed by atoms with Gasteiger partial charge < -0.3 is 0 Å². The predicted molar refractivity (Wildman–Crippen MR) is 62.0 cm³/mol. The maximum absolute atomic E-state index is 4.51. The summed E-state index contributed by atoms with van der Waals surface area (Å²) in [6, 6.07) is 0. The molecule has 78 valence electrons. The average molecular weight is 209 g/mol. The number of nitrogens with zero attached hydrogens (tertiary/aromatic N) is 1. The first-order valence-electron chi connectivity index (χ1n) is 5.73. The van der Waals surface area contributed by atoms with Gasteiger partial charge in [0.1, 0.15) is 0 Å². The minimum atomic E-state index is 0.595. The fraction of sp³-hybridized carbons (Fsp3) is 0.750. The van der Waals surface area contributed by atoms with E-state index in [0.29, 0.717) is 5.92 Å². The van der Waals surface area contributed by atoms with Gasteiger partial charge in [0.25, 0.3) is 0 Å². The maximum Gasteiger partial charge on any atom is 0.0953 e. The van der Waals surface area contributed by atoms with Crippen molar-refractivity contribution in [3.63, 3.8) is 0 Å². The number of hydrogen-bond acceptors (Lipinski definition) is 2. The first-order valence-corrected chi connectivity index (χ1v) is 6.54. The van der Waals surface area contributed by atoms with Gasteiger partial charge in [0.05, 0.1) is 5.01 Å². The molecule has 14 heavy (non-hydrogen) atoms. The largest absolute Gasteiger partial charge is 0.249 e. The summed E-state index contributed by atoms with van der Waals surface area (Å²) in [4.78, 5) is 6.04. The normalized spacial score (nSPS) is 19.1. The van der Waals surface area contributed by atoms with Crippen LogP contribution >= 0.6 is 11.3 Å². The number of hydrogen-bond donors (Lipinski definition) is 0. The summed E-state index contributed by atoms with van der Waals surface area (Å²) < 4.78 is 0. The monoisotopic (exact) mass is 209 g/mol. The summed E-state index contributed by atoms with van der Waals surface area (Å²) in [6.07, 6.45) is 9.17. The summed E-state index contributed by atoms with van der Waals surface area (Å²) in [5.41, 5.74) is 0. The lowest BCUT2D eigenvalue weighted by atomic mass is 9.89. The highest BCUT2D eigenvalue weighted by Gasteiger charge is 2.18. The molecular weight excluding hydrogens is 190 g/mol. The highest BCUT2D eigenvalue weighted by atomic mass is 32.1. The summed E-state index contributed by atoms with van der Waals surface area (Å²) in [7, 11) is 0. The molecule has 0 bridgehead atoms. The Bertz CT molecular complexity index is 284. The van der Waals surface area contributed by atoms with Crippen LogP contribution in [0.5, 0.6) is 0 Å². The molecule has 1 aromatic heterocycles. The molecule has 0 spiro atoms. The van der Waals surface area contributed by atoms with Crippen molar-refractivity contribution in [3.05, 3.63) is 16.1 Å². The molecule has 0 amide bonds. The molecule has 1 aliphatic carbocycles. The lowest BCUT2D eigenvalue weighted by molar-refractivity contribution is 0.448. The highest BCUT2D eigenvalue weighted by Crippen LogP contribution is 2.36. The molecule has 0 radical (unpaired) electrons. The second kappa shape index (κ2) is 4.43. The van der Waals surface area contributed by atoms with Gasteiger partial charge in [0.2, 0.25) is 0 Å². The zero-order chi connectivity index (χ0) is 9.97. The molecule has 0 atom stereocenters. The fourth-order valence-corrected chi connectivity index (χ4v) is 3.23. The Balaban J connectivity index is 2.07. The van der Waals surface area contributed by atoms with Crippen LogP contribution in [0.25, 0.3) is 0 Å². The van der Waals surface area contributed by atoms with E-state index in [1.54, 1.807) is 0 Å². The molecule has 0 saturated heterocycles. The molecule has 1 nitrogen and oxygen atoms in total. The van der Waals surface area contributed by atoms with Crippen LogP contribution in [-0.4, -0.2) is 4.98 Å². The molecular formula is C12H19NS. The average Bonchev–Trinajstić information content (AvgIpc) is 2.68. The van der Waals surface area contributed by atoms with E-state index >= 15 is 0 Å². The van der Waals surface area contributed by atoms with Crippen LogP contribution in [0.1, 0.15) is 67.7 Å². The second-order valence-electron chi connectivity index (χ2n) is 4.59. The van der Waals surface area contributed by atoms with Crippen molar-refractivity contribution in [1.82, 2.24) is 4.98 Å². The molecule has 0 N–H and O–H groups in total. The van der Waals surface area contributed by atoms with Crippen molar-refractivity contribution < 1.29 is 0 Å². The minimum absolute atomic E-state index is 0.595. The standard InChI is InChI=1S/C12H19NS/c1-9(2)12-13-8-11(14-12)10-6-4-3-5-7-10/h8-10H,3-7H2,1-2H3. The zero-order valence-electron chi connectivity index (χ0n) is 9.12. The Kier molecular flexibility index (Phi) is 3.22. The number of rotatable bonds is 2. The summed E-state index contributed by atoms with van der Waals surface area (Å²) in [5.74, 6) is 1.42. The molecule has 2 rings (SSSR count). The van der Waals surface area contributed by atoms with E-state index in [1.165, 1.54) is 42.0 Å². The molecule has 0 aliphatic heterocycles. The molecule has 2 heteroatoms. The van der Waals surface area contributed by atoms with Gasteiger partial charge in [0, 0.05) is 17.0 Å². The summed E-state index contributed by atoms with van der Waals surface area (Å²) in [6.45, 7) is 4.45. The highest BCUT2D eigenvalue weighted by molar-refractivity contribution is 7.11. The van der Waals surface area contributed by atoms with Crippen molar-refractivity contribution in [2.45, 2.75) is 57.8 Å². The van der Waals surface area contributed by atoms with Crippen molar-refractivity contribution in [2.75, 3.05) is 0 Å². The van der Waals surface area contributed by atoms with Crippen LogP contribution in [-0.2, 0) is 0 Å². The molecule has 1 aromatic rings. The zero-order valence-corrected chi connectivity index (χ0v) is 9.94. The first-order chi connectivity index (χ1) is 6.77. The molecule has 1 aliphatic rings. The second-order valence-corrected chi connectivity index (χ2v) is 5.68. The van der Waals surface area contributed by atoms with E-state index in [2.05, 4.69) is 25.0 Å². The molecule has 1 fully saturated rings. The minimum Gasteiger partial charge on any atom is -0.249 e. The van der Waals surface area contributed by atoms with Crippen molar-refractivity contribution >= 4 is 11.3 Å². The Morgan fingerprint density at radius 3 is 2.57 bits per heavy atom. The quantitative estimate of drug-likeness (QED) is 0.707. The van der Waals surface area contributed by atoms with Crippen molar-refractivity contribution in [3.8, 4) is 0 Å². The van der Waals surface area contributed by atoms with E-state index in [0.717, 1.165) is 5.92 Å². The van der Waals surface area contributed by atoms with Gasteiger partial charge in [-0.15, -0.1) is 11.3 Å². The SMILES string of the molecule is CC(C)c1ncc(C2CCCCC2)s1. The third-order valence-electron chi connectivity index (χ3n) is 3.04. The molecule has 1 saturated carbocycles. The van der Waals surface area contributed by atoms with Crippen LogP contribution in [0.4, 0.5) is 0 Å². The van der Waals surface area contributed by atoms with Gasteiger partial charge >= 0.3 is 0 Å². The summed E-state index contributed by atoms with van der Waals surface area (Å²) >= 11 is 1.94. The van der Waals surface area contributed by atoms with Gasteiger partial charge in [-0.1, -0.05) is 33.1 Å². The van der Waals surface area contributed by atoms with Crippen LogP contribution < -0.4 is 0 Å². The van der Waals surface area contributed by atoms with E-state index in [9.17, 15) is 0 Å². The topological polar surface area (TPSA) is 12.9 Å². The van der Waals surface area contributed by atoms with Crippen molar-refractivity contribution in [2.24, 2.45) is 0 Å². The van der Waals surface area contributed by atoms with Crippen LogP contribution in [0, 0.1) is 0 Å². The Labute approximate surface area is 90.6 Å². The van der Waals surface area contributed by atoms with Gasteiger partial charge in [-0.3, -0.25) is 0 Å². The van der Waals surface area contributed by atoms with Crippen LogP contribution in [0.3, 0.4) is 0 Å². The third kappa shape index (κ3) is 2.17. The third-order valence-corrected chi connectivity index (χ3v) is 4.50. The lowest BCUT2D eigenvalue weighted by Gasteiger charge is -2.19. The first kappa shape index (κ1) is 10.2. The maximum atomic E-state index is 4.51. The Morgan fingerprint density at radius 1 is 1.29 bits per heavy atom. The van der Waals surface area contributed by atoms with Gasteiger partial charge in [-0.2, -0.15) is 0 Å². The smallest absolute Gasteiger partial charge is 0.0953 e. The van der Waals surface area contributed by atoms with Crippen LogP contribution in [0.15, 0.2) is 6.20 Å². The number of thiazole rings is 1. The van der Waals surface area contributed by atoms with Gasteiger partial charge in [0.15, 0.2) is 0 Å². The lowest BCUT2D eigenvalue weighted by Crippen LogP contribution is -2.02. The van der Waals surface area contributed by atoms with E-state index in [1.807, 2.05) is 11.3 Å².